The zero-order chi connectivity index (χ0) is 16.2. The number of nitrogens with zero attached hydrogens (tertiary/aromatic N) is 2. The zero-order valence-corrected chi connectivity index (χ0v) is 12.6. The molecular weight excluding hydrogens is 300 g/mol. The van der Waals surface area contributed by atoms with Gasteiger partial charge in [0.25, 0.3) is 11.6 Å². The van der Waals surface area contributed by atoms with Gasteiger partial charge in [-0.25, -0.2) is 0 Å². The highest BCUT2D eigenvalue weighted by molar-refractivity contribution is 6.32. The molecule has 1 aromatic carbocycles. The van der Waals surface area contributed by atoms with Crippen LogP contribution in [0.2, 0.25) is 5.02 Å². The highest BCUT2D eigenvalue weighted by Crippen LogP contribution is 2.25. The van der Waals surface area contributed by atoms with E-state index in [1.54, 1.807) is 13.8 Å². The first-order valence-electron chi connectivity index (χ1n) is 6.09. The molecule has 0 fully saturated rings. The largest absolute Gasteiger partial charge is 0.468 e. The van der Waals surface area contributed by atoms with Crippen LogP contribution in [0.1, 0.15) is 24.2 Å². The summed E-state index contributed by atoms with van der Waals surface area (Å²) >= 11 is 5.70. The Morgan fingerprint density at radius 2 is 2.05 bits per heavy atom. The molecule has 0 unspecified atom stereocenters. The molecule has 1 aromatic rings. The van der Waals surface area contributed by atoms with Crippen molar-refractivity contribution in [3.05, 3.63) is 38.9 Å². The molecule has 0 saturated heterocycles. The SMILES string of the molecule is COC(=O)CN(C(=O)c1ccc(Cl)c([N+](=O)[O-])c1)C(C)C. The fourth-order valence-electron chi connectivity index (χ4n) is 1.64. The van der Waals surface area contributed by atoms with E-state index >= 15 is 0 Å². The second-order valence-electron chi connectivity index (χ2n) is 4.53. The number of nitro groups is 1. The van der Waals surface area contributed by atoms with Crippen LogP contribution in [-0.2, 0) is 9.53 Å². The Balaban J connectivity index is 3.12. The average molecular weight is 315 g/mol. The van der Waals surface area contributed by atoms with Crippen LogP contribution in [0.4, 0.5) is 5.69 Å². The number of esters is 1. The van der Waals surface area contributed by atoms with Crippen molar-refractivity contribution in [1.29, 1.82) is 0 Å². The third-order valence-electron chi connectivity index (χ3n) is 2.80. The number of halogens is 1. The number of carbonyl (C=O) groups is 2. The maximum atomic E-state index is 12.4. The van der Waals surface area contributed by atoms with Crippen LogP contribution >= 0.6 is 11.6 Å². The molecule has 1 amide bonds. The van der Waals surface area contributed by atoms with Crippen LogP contribution in [0.5, 0.6) is 0 Å². The van der Waals surface area contributed by atoms with Crippen LogP contribution in [0, 0.1) is 10.1 Å². The lowest BCUT2D eigenvalue weighted by atomic mass is 10.1. The van der Waals surface area contributed by atoms with Crippen LogP contribution in [0.25, 0.3) is 0 Å². The van der Waals surface area contributed by atoms with Gasteiger partial charge in [-0.2, -0.15) is 0 Å². The number of benzene rings is 1. The molecule has 7 nitrogen and oxygen atoms in total. The van der Waals surface area contributed by atoms with Gasteiger partial charge in [-0.1, -0.05) is 11.6 Å². The number of amides is 1. The lowest BCUT2D eigenvalue weighted by molar-refractivity contribution is -0.384. The molecular formula is C13H15ClN2O5. The molecule has 8 heteroatoms. The van der Waals surface area contributed by atoms with Crippen molar-refractivity contribution >= 4 is 29.2 Å². The highest BCUT2D eigenvalue weighted by atomic mass is 35.5. The van der Waals surface area contributed by atoms with E-state index in [4.69, 9.17) is 11.6 Å². The minimum absolute atomic E-state index is 0.0550. The maximum absolute atomic E-state index is 12.4. The molecule has 0 spiro atoms. The van der Waals surface area contributed by atoms with Crippen LogP contribution in [-0.4, -0.2) is 41.4 Å². The lowest BCUT2D eigenvalue weighted by Crippen LogP contribution is -2.41. The zero-order valence-electron chi connectivity index (χ0n) is 11.8. The number of ether oxygens (including phenoxy) is 1. The fraction of sp³-hybridized carbons (Fsp3) is 0.385. The number of rotatable bonds is 5. The normalized spacial score (nSPS) is 10.3. The summed E-state index contributed by atoms with van der Waals surface area (Å²) in [6.07, 6.45) is 0. The van der Waals surface area contributed by atoms with Crippen LogP contribution < -0.4 is 0 Å². The van der Waals surface area contributed by atoms with Gasteiger partial charge in [0.2, 0.25) is 0 Å². The highest BCUT2D eigenvalue weighted by Gasteiger charge is 2.24. The predicted molar refractivity (Wildman–Crippen MR) is 76.3 cm³/mol. The van der Waals surface area contributed by atoms with Crippen LogP contribution in [0.3, 0.4) is 0 Å². The summed E-state index contributed by atoms with van der Waals surface area (Å²) in [5.41, 5.74) is -0.270. The molecule has 1 rings (SSSR count). The average Bonchev–Trinajstić information content (AvgIpc) is 2.43. The van der Waals surface area contributed by atoms with E-state index in [-0.39, 0.29) is 28.9 Å². The molecule has 0 radical (unpaired) electrons. The number of carbonyl (C=O) groups excluding carboxylic acids is 2. The van der Waals surface area contributed by atoms with Gasteiger partial charge in [-0.05, 0) is 26.0 Å². The Bertz CT molecular complexity index is 574. The van der Waals surface area contributed by atoms with Gasteiger partial charge < -0.3 is 9.64 Å². The van der Waals surface area contributed by atoms with Crippen LogP contribution in [0.15, 0.2) is 18.2 Å². The summed E-state index contributed by atoms with van der Waals surface area (Å²) in [6, 6.07) is 3.48. The Morgan fingerprint density at radius 1 is 1.43 bits per heavy atom. The van der Waals surface area contributed by atoms with E-state index in [0.717, 1.165) is 6.07 Å². The third-order valence-corrected chi connectivity index (χ3v) is 3.12. The van der Waals surface area contributed by atoms with Gasteiger partial charge in [0.1, 0.15) is 11.6 Å². The molecule has 21 heavy (non-hydrogen) atoms. The van der Waals surface area contributed by atoms with E-state index in [1.165, 1.54) is 24.1 Å². The van der Waals surface area contributed by atoms with E-state index < -0.39 is 16.8 Å². The molecule has 0 bridgehead atoms. The number of methoxy groups -OCH3 is 1. The van der Waals surface area contributed by atoms with E-state index in [2.05, 4.69) is 4.74 Å². The van der Waals surface area contributed by atoms with Gasteiger partial charge in [-0.3, -0.25) is 19.7 Å². The smallest absolute Gasteiger partial charge is 0.325 e. The Hall–Kier alpha value is -2.15. The molecule has 0 aromatic heterocycles. The first kappa shape index (κ1) is 16.9. The van der Waals surface area contributed by atoms with Crippen molar-refractivity contribution in [1.82, 2.24) is 4.90 Å². The summed E-state index contributed by atoms with van der Waals surface area (Å²) in [6.45, 7) is 3.22. The minimum Gasteiger partial charge on any atom is -0.468 e. The summed E-state index contributed by atoms with van der Waals surface area (Å²) in [7, 11) is 1.22. The number of nitro benzene ring substituents is 1. The first-order valence-corrected chi connectivity index (χ1v) is 6.47. The van der Waals surface area contributed by atoms with Gasteiger partial charge >= 0.3 is 5.97 Å². The Kier molecular flexibility index (Phi) is 5.66. The molecule has 0 aliphatic rings. The summed E-state index contributed by atoms with van der Waals surface area (Å²) in [5.74, 6) is -1.07. The molecule has 0 N–H and O–H groups in total. The van der Waals surface area contributed by atoms with Crippen molar-refractivity contribution in [3.8, 4) is 0 Å². The van der Waals surface area contributed by atoms with Crippen molar-refractivity contribution in [3.63, 3.8) is 0 Å². The standard InChI is InChI=1S/C13H15ClN2O5/c1-8(2)15(7-12(17)21-3)13(18)9-4-5-10(14)11(6-9)16(19)20/h4-6,8H,7H2,1-3H3. The second-order valence-corrected chi connectivity index (χ2v) is 4.93. The fourth-order valence-corrected chi connectivity index (χ4v) is 1.83. The van der Waals surface area contributed by atoms with Gasteiger partial charge in [0.05, 0.1) is 12.0 Å². The quantitative estimate of drug-likeness (QED) is 0.472. The third kappa shape index (κ3) is 4.16. The van der Waals surface area contributed by atoms with Gasteiger partial charge in [0, 0.05) is 17.7 Å². The first-order chi connectivity index (χ1) is 9.77. The maximum Gasteiger partial charge on any atom is 0.325 e. The predicted octanol–water partition coefficient (Wildman–Crippen LogP) is 2.27. The summed E-state index contributed by atoms with van der Waals surface area (Å²) in [5, 5.41) is 10.8. The molecule has 114 valence electrons. The Labute approximate surface area is 126 Å². The van der Waals surface area contributed by atoms with Crippen molar-refractivity contribution in [2.75, 3.05) is 13.7 Å². The van der Waals surface area contributed by atoms with E-state index in [0.29, 0.717) is 0 Å². The van der Waals surface area contributed by atoms with Crippen molar-refractivity contribution in [2.24, 2.45) is 0 Å². The van der Waals surface area contributed by atoms with Gasteiger partial charge in [-0.15, -0.1) is 0 Å². The molecule has 0 atom stereocenters. The van der Waals surface area contributed by atoms with E-state index in [1.807, 2.05) is 0 Å². The topological polar surface area (TPSA) is 89.8 Å². The Morgan fingerprint density at radius 3 is 2.52 bits per heavy atom. The second kappa shape index (κ2) is 7.03. The summed E-state index contributed by atoms with van der Waals surface area (Å²) in [4.78, 5) is 35.2. The van der Waals surface area contributed by atoms with E-state index in [9.17, 15) is 19.7 Å². The summed E-state index contributed by atoms with van der Waals surface area (Å²) < 4.78 is 4.54. The number of hydrogen-bond donors (Lipinski definition) is 0. The molecule has 0 aliphatic heterocycles. The lowest BCUT2D eigenvalue weighted by Gasteiger charge is -2.25. The number of hydrogen-bond acceptors (Lipinski definition) is 5. The molecule has 0 heterocycles. The molecule has 0 aliphatic carbocycles. The minimum atomic E-state index is -0.668. The van der Waals surface area contributed by atoms with Crippen molar-refractivity contribution < 1.29 is 19.2 Å². The monoisotopic (exact) mass is 314 g/mol. The van der Waals surface area contributed by atoms with Crippen molar-refractivity contribution in [2.45, 2.75) is 19.9 Å². The van der Waals surface area contributed by atoms with Gasteiger partial charge in [0.15, 0.2) is 0 Å². The molecule has 0 saturated carbocycles.